The Hall–Kier alpha value is -2.41. The maximum Gasteiger partial charge on any atom is 0.269 e. The van der Waals surface area contributed by atoms with Crippen LogP contribution < -0.4 is 5.32 Å². The van der Waals surface area contributed by atoms with Gasteiger partial charge < -0.3 is 5.32 Å². The van der Waals surface area contributed by atoms with Crippen molar-refractivity contribution in [3.8, 4) is 0 Å². The fraction of sp³-hybridized carbons (Fsp3) is 0.0769. The van der Waals surface area contributed by atoms with E-state index in [0.29, 0.717) is 5.69 Å². The predicted octanol–water partition coefficient (Wildman–Crippen LogP) is 2.72. The number of aromatic nitrogens is 1. The van der Waals surface area contributed by atoms with Crippen LogP contribution in [0.15, 0.2) is 53.7 Å². The average molecular weight is 289 g/mol. The third-order valence-corrected chi connectivity index (χ3v) is 3.39. The molecule has 1 aromatic carbocycles. The van der Waals surface area contributed by atoms with Crippen molar-refractivity contribution < 1.29 is 9.72 Å². The minimum Gasteiger partial charge on any atom is -0.325 e. The number of rotatable bonds is 5. The number of nitrogens with zero attached hydrogens (tertiary/aromatic N) is 2. The molecular weight excluding hydrogens is 278 g/mol. The second kappa shape index (κ2) is 6.67. The second-order valence-electron chi connectivity index (χ2n) is 3.82. The number of benzene rings is 1. The lowest BCUT2D eigenvalue weighted by Gasteiger charge is -2.04. The van der Waals surface area contributed by atoms with E-state index in [4.69, 9.17) is 0 Å². The van der Waals surface area contributed by atoms with Crippen molar-refractivity contribution in [2.45, 2.75) is 4.90 Å². The number of non-ortho nitro benzene ring substituents is 1. The van der Waals surface area contributed by atoms with Gasteiger partial charge in [-0.1, -0.05) is 0 Å². The van der Waals surface area contributed by atoms with Crippen molar-refractivity contribution in [3.05, 3.63) is 58.9 Å². The lowest BCUT2D eigenvalue weighted by Crippen LogP contribution is -2.13. The molecule has 20 heavy (non-hydrogen) atoms. The maximum atomic E-state index is 11.7. The zero-order chi connectivity index (χ0) is 14.4. The number of carbonyl (C=O) groups excluding carboxylic acids is 1. The molecule has 0 fully saturated rings. The monoisotopic (exact) mass is 289 g/mol. The normalized spacial score (nSPS) is 10.0. The molecule has 1 amide bonds. The highest BCUT2D eigenvalue weighted by molar-refractivity contribution is 8.00. The SMILES string of the molecule is O=C(CSc1ccc([N+](=O)[O-])cc1)Nc1ccncc1. The molecule has 0 radical (unpaired) electrons. The Balaban J connectivity index is 1.85. The Labute approximate surface area is 119 Å². The van der Waals surface area contributed by atoms with Crippen LogP contribution in [0.1, 0.15) is 0 Å². The molecule has 7 heteroatoms. The summed E-state index contributed by atoms with van der Waals surface area (Å²) in [5.41, 5.74) is 0.727. The number of nitro groups is 1. The number of carbonyl (C=O) groups is 1. The fourth-order valence-corrected chi connectivity index (χ4v) is 2.14. The zero-order valence-electron chi connectivity index (χ0n) is 10.4. The fourth-order valence-electron chi connectivity index (χ4n) is 1.45. The van der Waals surface area contributed by atoms with Gasteiger partial charge in [0.05, 0.1) is 10.7 Å². The van der Waals surface area contributed by atoms with Crippen molar-refractivity contribution in [1.29, 1.82) is 0 Å². The van der Waals surface area contributed by atoms with Crippen LogP contribution in [0.3, 0.4) is 0 Å². The first-order chi connectivity index (χ1) is 9.65. The predicted molar refractivity (Wildman–Crippen MR) is 76.7 cm³/mol. The molecule has 0 saturated carbocycles. The number of hydrogen-bond acceptors (Lipinski definition) is 5. The molecule has 0 unspecified atom stereocenters. The van der Waals surface area contributed by atoms with E-state index in [1.54, 1.807) is 36.7 Å². The molecule has 6 nitrogen and oxygen atoms in total. The van der Waals surface area contributed by atoms with Gasteiger partial charge in [-0.15, -0.1) is 11.8 Å². The molecule has 1 aromatic heterocycles. The van der Waals surface area contributed by atoms with Crippen LogP contribution in [0.25, 0.3) is 0 Å². The van der Waals surface area contributed by atoms with Gasteiger partial charge in [-0.2, -0.15) is 0 Å². The first-order valence-electron chi connectivity index (χ1n) is 5.72. The lowest BCUT2D eigenvalue weighted by atomic mass is 10.3. The molecule has 0 bridgehead atoms. The van der Waals surface area contributed by atoms with Gasteiger partial charge in [0, 0.05) is 35.1 Å². The molecule has 0 atom stereocenters. The van der Waals surface area contributed by atoms with E-state index >= 15 is 0 Å². The van der Waals surface area contributed by atoms with Gasteiger partial charge in [-0.05, 0) is 24.3 Å². The number of thioether (sulfide) groups is 1. The lowest BCUT2D eigenvalue weighted by molar-refractivity contribution is -0.384. The minimum absolute atomic E-state index is 0.0376. The van der Waals surface area contributed by atoms with Crippen molar-refractivity contribution >= 4 is 29.0 Å². The summed E-state index contributed by atoms with van der Waals surface area (Å²) >= 11 is 1.32. The second-order valence-corrected chi connectivity index (χ2v) is 4.87. The zero-order valence-corrected chi connectivity index (χ0v) is 11.2. The van der Waals surface area contributed by atoms with Gasteiger partial charge >= 0.3 is 0 Å². The van der Waals surface area contributed by atoms with Crippen molar-refractivity contribution in [2.24, 2.45) is 0 Å². The van der Waals surface area contributed by atoms with Gasteiger partial charge in [0.1, 0.15) is 0 Å². The van der Waals surface area contributed by atoms with Crippen LogP contribution >= 0.6 is 11.8 Å². The molecular formula is C13H11N3O3S. The van der Waals surface area contributed by atoms with E-state index in [1.807, 2.05) is 0 Å². The smallest absolute Gasteiger partial charge is 0.269 e. The van der Waals surface area contributed by atoms with E-state index in [9.17, 15) is 14.9 Å². The largest absolute Gasteiger partial charge is 0.325 e. The van der Waals surface area contributed by atoms with Crippen molar-refractivity contribution in [2.75, 3.05) is 11.1 Å². The van der Waals surface area contributed by atoms with Gasteiger partial charge in [0.15, 0.2) is 0 Å². The number of nitro benzene ring substituents is 1. The summed E-state index contributed by atoms with van der Waals surface area (Å²) < 4.78 is 0. The summed E-state index contributed by atoms with van der Waals surface area (Å²) in [5, 5.41) is 13.2. The topological polar surface area (TPSA) is 85.1 Å². The molecule has 2 rings (SSSR count). The van der Waals surface area contributed by atoms with Crippen LogP contribution in [-0.4, -0.2) is 21.6 Å². The Kier molecular flexibility index (Phi) is 4.67. The van der Waals surface area contributed by atoms with Crippen LogP contribution in [-0.2, 0) is 4.79 Å². The minimum atomic E-state index is -0.454. The number of amides is 1. The van der Waals surface area contributed by atoms with E-state index in [-0.39, 0.29) is 17.3 Å². The quantitative estimate of drug-likeness (QED) is 0.519. The van der Waals surface area contributed by atoms with Crippen LogP contribution in [0.4, 0.5) is 11.4 Å². The molecule has 1 N–H and O–H groups in total. The van der Waals surface area contributed by atoms with Crippen LogP contribution in [0.5, 0.6) is 0 Å². The van der Waals surface area contributed by atoms with E-state index < -0.39 is 4.92 Å². The molecule has 0 spiro atoms. The highest BCUT2D eigenvalue weighted by Crippen LogP contribution is 2.21. The van der Waals surface area contributed by atoms with E-state index in [2.05, 4.69) is 10.3 Å². The van der Waals surface area contributed by atoms with Crippen molar-refractivity contribution in [3.63, 3.8) is 0 Å². The third kappa shape index (κ3) is 4.06. The average Bonchev–Trinajstić information content (AvgIpc) is 2.46. The first-order valence-corrected chi connectivity index (χ1v) is 6.71. The molecule has 1 heterocycles. The van der Waals surface area contributed by atoms with E-state index in [1.165, 1.54) is 23.9 Å². The van der Waals surface area contributed by atoms with Crippen LogP contribution in [0, 0.1) is 10.1 Å². The summed E-state index contributed by atoms with van der Waals surface area (Å²) in [5.74, 6) is 0.0969. The van der Waals surface area contributed by atoms with E-state index in [0.717, 1.165) is 4.90 Å². The number of anilines is 1. The Morgan fingerprint density at radius 1 is 1.20 bits per heavy atom. The molecule has 2 aromatic rings. The Morgan fingerprint density at radius 2 is 1.85 bits per heavy atom. The molecule has 0 saturated heterocycles. The Bertz CT molecular complexity index is 602. The number of nitrogens with one attached hydrogen (secondary N) is 1. The highest BCUT2D eigenvalue weighted by Gasteiger charge is 2.06. The van der Waals surface area contributed by atoms with Crippen LogP contribution in [0.2, 0.25) is 0 Å². The molecule has 0 aliphatic carbocycles. The molecule has 102 valence electrons. The van der Waals surface area contributed by atoms with Gasteiger partial charge in [-0.3, -0.25) is 19.9 Å². The maximum absolute atomic E-state index is 11.7. The summed E-state index contributed by atoms with van der Waals surface area (Å²) in [6, 6.07) is 9.50. The third-order valence-electron chi connectivity index (χ3n) is 2.38. The van der Waals surface area contributed by atoms with Crippen molar-refractivity contribution in [1.82, 2.24) is 4.98 Å². The summed E-state index contributed by atoms with van der Waals surface area (Å²) in [6.45, 7) is 0. The standard InChI is InChI=1S/C13H11N3O3S/c17-13(15-10-5-7-14-8-6-10)9-20-12-3-1-11(2-4-12)16(18)19/h1-8H,9H2,(H,14,15,17). The Morgan fingerprint density at radius 3 is 2.45 bits per heavy atom. The first kappa shape index (κ1) is 14.0. The van der Waals surface area contributed by atoms with Gasteiger partial charge in [-0.25, -0.2) is 0 Å². The highest BCUT2D eigenvalue weighted by atomic mass is 32.2. The summed E-state index contributed by atoms with van der Waals surface area (Å²) in [4.78, 5) is 26.4. The number of hydrogen-bond donors (Lipinski definition) is 1. The number of pyridine rings is 1. The molecule has 0 aliphatic rings. The summed E-state index contributed by atoms with van der Waals surface area (Å²) in [7, 11) is 0. The van der Waals surface area contributed by atoms with Gasteiger partial charge in [0.25, 0.3) is 5.69 Å². The summed E-state index contributed by atoms with van der Waals surface area (Å²) in [6.07, 6.45) is 3.19. The van der Waals surface area contributed by atoms with Gasteiger partial charge in [0.2, 0.25) is 5.91 Å². The molecule has 0 aliphatic heterocycles.